The monoisotopic (exact) mass is 313 g/mol. The highest BCUT2D eigenvalue weighted by Crippen LogP contribution is 2.29. The predicted molar refractivity (Wildman–Crippen MR) is 91.7 cm³/mol. The van der Waals surface area contributed by atoms with Crippen molar-refractivity contribution in [2.24, 2.45) is 5.16 Å². The van der Waals surface area contributed by atoms with Gasteiger partial charge in [-0.3, -0.25) is 0 Å². The van der Waals surface area contributed by atoms with Gasteiger partial charge in [-0.1, -0.05) is 41.1 Å². The number of methoxy groups -OCH3 is 1. The third-order valence-corrected chi connectivity index (χ3v) is 3.69. The Kier molecular flexibility index (Phi) is 6.03. The second-order valence-electron chi connectivity index (χ2n) is 5.59. The lowest BCUT2D eigenvalue weighted by Crippen LogP contribution is -2.00. The lowest BCUT2D eigenvalue weighted by Gasteiger charge is -2.12. The van der Waals surface area contributed by atoms with Gasteiger partial charge in [0.15, 0.2) is 11.5 Å². The zero-order chi connectivity index (χ0) is 16.7. The summed E-state index contributed by atoms with van der Waals surface area (Å²) in [6, 6.07) is 14.2. The second-order valence-corrected chi connectivity index (χ2v) is 5.59. The van der Waals surface area contributed by atoms with Crippen molar-refractivity contribution in [1.29, 1.82) is 0 Å². The lowest BCUT2D eigenvalue weighted by molar-refractivity contribution is 0.284. The molecule has 0 aliphatic rings. The molecular weight excluding hydrogens is 290 g/mol. The Morgan fingerprint density at radius 3 is 2.39 bits per heavy atom. The van der Waals surface area contributed by atoms with Gasteiger partial charge in [-0.05, 0) is 49.9 Å². The molecule has 0 atom stereocenters. The molecule has 4 nitrogen and oxygen atoms in total. The molecule has 1 N–H and O–H groups in total. The van der Waals surface area contributed by atoms with Crippen LogP contribution in [0.3, 0.4) is 0 Å². The number of rotatable bonds is 7. The first kappa shape index (κ1) is 16.9. The third-order valence-electron chi connectivity index (χ3n) is 3.69. The zero-order valence-electron chi connectivity index (χ0n) is 13.9. The average molecular weight is 313 g/mol. The van der Waals surface area contributed by atoms with E-state index in [-0.39, 0.29) is 0 Å². The SMILES string of the molecule is COc1cc(CC/C(C)=N/O)ccc1OCc1ccc(C)cc1. The maximum absolute atomic E-state index is 8.70. The molecule has 0 saturated carbocycles. The van der Waals surface area contributed by atoms with Crippen LogP contribution in [0, 0.1) is 6.92 Å². The quantitative estimate of drug-likeness (QED) is 0.469. The molecule has 2 aromatic carbocycles. The summed E-state index contributed by atoms with van der Waals surface area (Å²) in [6.07, 6.45) is 1.51. The van der Waals surface area contributed by atoms with E-state index in [0.717, 1.165) is 23.3 Å². The first-order valence-corrected chi connectivity index (χ1v) is 7.65. The highest BCUT2D eigenvalue weighted by molar-refractivity contribution is 5.81. The summed E-state index contributed by atoms with van der Waals surface area (Å²) in [6.45, 7) is 4.37. The zero-order valence-corrected chi connectivity index (χ0v) is 13.9. The maximum atomic E-state index is 8.70. The Balaban J connectivity index is 2.02. The summed E-state index contributed by atoms with van der Waals surface area (Å²) >= 11 is 0. The average Bonchev–Trinajstić information content (AvgIpc) is 2.59. The standard InChI is InChI=1S/C19H23NO3/c1-14-4-7-17(8-5-14)13-23-18-11-10-16(12-19(18)22-3)9-6-15(2)20-21/h4-5,7-8,10-12,21H,6,9,13H2,1-3H3/b20-15+. The Hall–Kier alpha value is -2.49. The molecule has 0 fully saturated rings. The summed E-state index contributed by atoms with van der Waals surface area (Å²) < 4.78 is 11.3. The molecule has 0 amide bonds. The van der Waals surface area contributed by atoms with Gasteiger partial charge in [-0.15, -0.1) is 0 Å². The van der Waals surface area contributed by atoms with Crippen molar-refractivity contribution in [3.8, 4) is 11.5 Å². The van der Waals surface area contributed by atoms with E-state index in [1.165, 1.54) is 5.56 Å². The minimum Gasteiger partial charge on any atom is -0.493 e. The van der Waals surface area contributed by atoms with E-state index in [1.807, 2.05) is 18.2 Å². The summed E-state index contributed by atoms with van der Waals surface area (Å²) in [5, 5.41) is 11.9. The number of ether oxygens (including phenoxy) is 2. The molecule has 0 bridgehead atoms. The van der Waals surface area contributed by atoms with Crippen molar-refractivity contribution in [2.45, 2.75) is 33.3 Å². The van der Waals surface area contributed by atoms with Crippen molar-refractivity contribution in [3.05, 3.63) is 59.2 Å². The van der Waals surface area contributed by atoms with Crippen LogP contribution < -0.4 is 9.47 Å². The number of hydrogen-bond acceptors (Lipinski definition) is 4. The summed E-state index contributed by atoms with van der Waals surface area (Å²) in [4.78, 5) is 0. The van der Waals surface area contributed by atoms with Crippen molar-refractivity contribution in [1.82, 2.24) is 0 Å². The molecule has 0 aromatic heterocycles. The number of oxime groups is 1. The van der Waals surface area contributed by atoms with E-state index in [9.17, 15) is 0 Å². The van der Waals surface area contributed by atoms with E-state index < -0.39 is 0 Å². The molecule has 0 aliphatic carbocycles. The fraction of sp³-hybridized carbons (Fsp3) is 0.316. The highest BCUT2D eigenvalue weighted by Gasteiger charge is 2.07. The van der Waals surface area contributed by atoms with E-state index in [1.54, 1.807) is 14.0 Å². The number of hydrogen-bond donors (Lipinski definition) is 1. The summed E-state index contributed by atoms with van der Waals surface area (Å²) in [5.74, 6) is 1.44. The van der Waals surface area contributed by atoms with Crippen LogP contribution >= 0.6 is 0 Å². The number of nitrogens with zero attached hydrogens (tertiary/aromatic N) is 1. The Labute approximate surface area is 137 Å². The van der Waals surface area contributed by atoms with E-state index in [2.05, 4.69) is 36.3 Å². The number of benzene rings is 2. The molecular formula is C19H23NO3. The van der Waals surface area contributed by atoms with Gasteiger partial charge >= 0.3 is 0 Å². The smallest absolute Gasteiger partial charge is 0.161 e. The van der Waals surface area contributed by atoms with Crippen molar-refractivity contribution in [2.75, 3.05) is 7.11 Å². The van der Waals surface area contributed by atoms with Gasteiger partial charge in [0.2, 0.25) is 0 Å². The molecule has 2 aromatic rings. The van der Waals surface area contributed by atoms with Crippen molar-refractivity contribution >= 4 is 5.71 Å². The van der Waals surface area contributed by atoms with Gasteiger partial charge in [0.25, 0.3) is 0 Å². The molecule has 4 heteroatoms. The molecule has 0 spiro atoms. The highest BCUT2D eigenvalue weighted by atomic mass is 16.5. The first-order chi connectivity index (χ1) is 11.1. The van der Waals surface area contributed by atoms with Gasteiger partial charge in [0.05, 0.1) is 12.8 Å². The molecule has 0 aliphatic heterocycles. The fourth-order valence-corrected chi connectivity index (χ4v) is 2.21. The fourth-order valence-electron chi connectivity index (χ4n) is 2.21. The van der Waals surface area contributed by atoms with Crippen molar-refractivity contribution in [3.63, 3.8) is 0 Å². The molecule has 0 saturated heterocycles. The van der Waals surface area contributed by atoms with Crippen LogP contribution in [0.5, 0.6) is 11.5 Å². The lowest BCUT2D eigenvalue weighted by atomic mass is 10.1. The van der Waals surface area contributed by atoms with E-state index in [4.69, 9.17) is 14.7 Å². The second kappa shape index (κ2) is 8.22. The molecule has 122 valence electrons. The maximum Gasteiger partial charge on any atom is 0.161 e. The van der Waals surface area contributed by atoms with E-state index >= 15 is 0 Å². The normalized spacial score (nSPS) is 11.3. The summed E-state index contributed by atoms with van der Waals surface area (Å²) in [7, 11) is 1.64. The summed E-state index contributed by atoms with van der Waals surface area (Å²) in [5.41, 5.74) is 4.19. The Morgan fingerprint density at radius 2 is 1.74 bits per heavy atom. The topological polar surface area (TPSA) is 51.0 Å². The van der Waals surface area contributed by atoms with Gasteiger partial charge in [-0.25, -0.2) is 0 Å². The third kappa shape index (κ3) is 5.02. The van der Waals surface area contributed by atoms with Crippen LogP contribution in [0.2, 0.25) is 0 Å². The molecule has 2 rings (SSSR count). The largest absolute Gasteiger partial charge is 0.493 e. The van der Waals surface area contributed by atoms with Crippen LogP contribution in [0.4, 0.5) is 0 Å². The molecule has 23 heavy (non-hydrogen) atoms. The van der Waals surface area contributed by atoms with E-state index in [0.29, 0.717) is 24.5 Å². The van der Waals surface area contributed by atoms with Crippen molar-refractivity contribution < 1.29 is 14.7 Å². The van der Waals surface area contributed by atoms with Gasteiger partial charge in [0, 0.05) is 0 Å². The minimum absolute atomic E-state index is 0.506. The predicted octanol–water partition coefficient (Wildman–Crippen LogP) is 4.37. The van der Waals surface area contributed by atoms with Crippen LogP contribution in [0.1, 0.15) is 30.0 Å². The Bertz CT molecular complexity index is 663. The van der Waals surface area contributed by atoms with Gasteiger partial charge < -0.3 is 14.7 Å². The van der Waals surface area contributed by atoms with Crippen LogP contribution in [0.25, 0.3) is 0 Å². The molecule has 0 heterocycles. The van der Waals surface area contributed by atoms with Gasteiger partial charge in [-0.2, -0.15) is 0 Å². The van der Waals surface area contributed by atoms with Crippen LogP contribution in [-0.2, 0) is 13.0 Å². The minimum atomic E-state index is 0.506. The Morgan fingerprint density at radius 1 is 1.04 bits per heavy atom. The van der Waals surface area contributed by atoms with Crippen LogP contribution in [0.15, 0.2) is 47.6 Å². The first-order valence-electron chi connectivity index (χ1n) is 7.65. The molecule has 0 unspecified atom stereocenters. The van der Waals surface area contributed by atoms with Crippen LogP contribution in [-0.4, -0.2) is 18.0 Å². The molecule has 0 radical (unpaired) electrons. The van der Waals surface area contributed by atoms with Gasteiger partial charge in [0.1, 0.15) is 6.61 Å². The number of aryl methyl sites for hydroxylation is 2.